The Morgan fingerprint density at radius 3 is 2.54 bits per heavy atom. The van der Waals surface area contributed by atoms with E-state index in [9.17, 15) is 13.6 Å². The van der Waals surface area contributed by atoms with Crippen LogP contribution in [0.3, 0.4) is 0 Å². The molecule has 5 aromatic rings. The van der Waals surface area contributed by atoms with Gasteiger partial charge >= 0.3 is 0 Å². The number of halogens is 3. The van der Waals surface area contributed by atoms with Gasteiger partial charge in [-0.3, -0.25) is 4.79 Å². The van der Waals surface area contributed by atoms with Gasteiger partial charge in [0.15, 0.2) is 11.6 Å². The van der Waals surface area contributed by atoms with Crippen LogP contribution in [0.1, 0.15) is 31.2 Å². The van der Waals surface area contributed by atoms with E-state index in [1.807, 2.05) is 55.1 Å². The van der Waals surface area contributed by atoms with Crippen molar-refractivity contribution in [1.82, 2.24) is 15.0 Å². The second-order valence-electron chi connectivity index (χ2n) is 8.59. The summed E-state index contributed by atoms with van der Waals surface area (Å²) in [6.45, 7) is 4.18. The summed E-state index contributed by atoms with van der Waals surface area (Å²) in [4.78, 5) is 26.4. The standard InChI is InChI=1S/C27H21ClF2N4O/c1-15(2)26-31-22-9-4-3-8-20(22)27(33-26)34(18-7-5-6-17(28)13-18)14-16-12-23(35)32-25-19(16)10-11-21(29)24(25)30/h3-13,15H,14H2,1-2H3,(H,32,35). The minimum Gasteiger partial charge on any atom is -0.321 e. The van der Waals surface area contributed by atoms with Crippen molar-refractivity contribution in [3.63, 3.8) is 0 Å². The van der Waals surface area contributed by atoms with Gasteiger partial charge < -0.3 is 9.88 Å². The smallest absolute Gasteiger partial charge is 0.248 e. The van der Waals surface area contributed by atoms with Gasteiger partial charge in [0, 0.05) is 33.5 Å². The minimum atomic E-state index is -1.09. The third kappa shape index (κ3) is 4.35. The molecule has 0 aliphatic rings. The minimum absolute atomic E-state index is 0.0667. The summed E-state index contributed by atoms with van der Waals surface area (Å²) in [5.74, 6) is -0.769. The number of aromatic amines is 1. The van der Waals surface area contributed by atoms with Gasteiger partial charge in [0.25, 0.3) is 0 Å². The van der Waals surface area contributed by atoms with Crippen LogP contribution >= 0.6 is 11.6 Å². The number of benzene rings is 3. The second-order valence-corrected chi connectivity index (χ2v) is 9.02. The molecule has 0 amide bonds. The first-order chi connectivity index (χ1) is 16.8. The molecule has 0 aliphatic carbocycles. The van der Waals surface area contributed by atoms with Crippen molar-refractivity contribution in [1.29, 1.82) is 0 Å². The van der Waals surface area contributed by atoms with Crippen LogP contribution in [-0.4, -0.2) is 15.0 Å². The Morgan fingerprint density at radius 1 is 0.971 bits per heavy atom. The van der Waals surface area contributed by atoms with Gasteiger partial charge in [0.2, 0.25) is 5.56 Å². The van der Waals surface area contributed by atoms with Crippen LogP contribution in [0.25, 0.3) is 21.8 Å². The highest BCUT2D eigenvalue weighted by Gasteiger charge is 2.21. The van der Waals surface area contributed by atoms with Gasteiger partial charge in [0.05, 0.1) is 17.6 Å². The number of rotatable bonds is 5. The maximum atomic E-state index is 14.5. The van der Waals surface area contributed by atoms with Gasteiger partial charge in [-0.05, 0) is 48.0 Å². The van der Waals surface area contributed by atoms with E-state index in [-0.39, 0.29) is 18.0 Å². The lowest BCUT2D eigenvalue weighted by Gasteiger charge is -2.27. The van der Waals surface area contributed by atoms with Crippen molar-refractivity contribution >= 4 is 44.9 Å². The van der Waals surface area contributed by atoms with Crippen LogP contribution in [0.5, 0.6) is 0 Å². The van der Waals surface area contributed by atoms with Gasteiger partial charge in [0.1, 0.15) is 11.6 Å². The summed E-state index contributed by atoms with van der Waals surface area (Å²) in [7, 11) is 0. The van der Waals surface area contributed by atoms with E-state index in [0.717, 1.165) is 22.7 Å². The fraction of sp³-hybridized carbons (Fsp3) is 0.148. The van der Waals surface area contributed by atoms with Gasteiger partial charge in [-0.2, -0.15) is 0 Å². The molecule has 5 nitrogen and oxygen atoms in total. The lowest BCUT2D eigenvalue weighted by Crippen LogP contribution is -2.21. The van der Waals surface area contributed by atoms with E-state index >= 15 is 0 Å². The Labute approximate surface area is 205 Å². The van der Waals surface area contributed by atoms with Crippen LogP contribution in [0.4, 0.5) is 20.3 Å². The molecule has 0 spiro atoms. The maximum Gasteiger partial charge on any atom is 0.248 e. The number of anilines is 2. The molecule has 0 atom stereocenters. The van der Waals surface area contributed by atoms with Gasteiger partial charge in [-0.25, -0.2) is 18.7 Å². The summed E-state index contributed by atoms with van der Waals surface area (Å²) >= 11 is 6.33. The Morgan fingerprint density at radius 2 is 1.77 bits per heavy atom. The Kier molecular flexibility index (Phi) is 5.94. The molecule has 2 heterocycles. The van der Waals surface area contributed by atoms with E-state index in [2.05, 4.69) is 4.98 Å². The molecule has 1 N–H and O–H groups in total. The van der Waals surface area contributed by atoms with Crippen molar-refractivity contribution in [3.05, 3.63) is 105 Å². The van der Waals surface area contributed by atoms with Crippen molar-refractivity contribution < 1.29 is 8.78 Å². The molecular weight excluding hydrogens is 470 g/mol. The van der Waals surface area contributed by atoms with E-state index in [0.29, 0.717) is 27.6 Å². The molecular formula is C27H21ClF2N4O. The summed E-state index contributed by atoms with van der Waals surface area (Å²) in [5, 5.41) is 1.74. The van der Waals surface area contributed by atoms with Crippen LogP contribution < -0.4 is 10.5 Å². The molecule has 2 aromatic heterocycles. The van der Waals surface area contributed by atoms with E-state index in [4.69, 9.17) is 21.6 Å². The molecule has 176 valence electrons. The number of para-hydroxylation sites is 1. The van der Waals surface area contributed by atoms with Crippen molar-refractivity contribution in [3.8, 4) is 0 Å². The summed E-state index contributed by atoms with van der Waals surface area (Å²) in [6, 6.07) is 18.8. The topological polar surface area (TPSA) is 61.9 Å². The van der Waals surface area contributed by atoms with Crippen molar-refractivity contribution in [2.24, 2.45) is 0 Å². The number of fused-ring (bicyclic) bond motifs is 2. The van der Waals surface area contributed by atoms with Crippen LogP contribution in [0.15, 0.2) is 71.5 Å². The van der Waals surface area contributed by atoms with Crippen LogP contribution in [0, 0.1) is 11.6 Å². The maximum absolute atomic E-state index is 14.5. The number of hydrogen-bond acceptors (Lipinski definition) is 4. The van der Waals surface area contributed by atoms with Crippen molar-refractivity contribution in [2.45, 2.75) is 26.3 Å². The third-order valence-corrected chi connectivity index (χ3v) is 6.05. The lowest BCUT2D eigenvalue weighted by atomic mass is 10.1. The average molecular weight is 491 g/mol. The fourth-order valence-corrected chi connectivity index (χ4v) is 4.30. The first kappa shape index (κ1) is 22.9. The normalized spacial score (nSPS) is 11.5. The Bertz CT molecular complexity index is 1630. The number of H-pyrrole nitrogens is 1. The first-order valence-corrected chi connectivity index (χ1v) is 11.5. The molecule has 0 unspecified atom stereocenters. The number of pyridine rings is 1. The molecule has 0 bridgehead atoms. The van der Waals surface area contributed by atoms with E-state index in [1.54, 1.807) is 12.1 Å². The largest absolute Gasteiger partial charge is 0.321 e. The molecule has 5 rings (SSSR count). The Balaban J connectivity index is 1.78. The molecule has 0 radical (unpaired) electrons. The molecule has 3 aromatic carbocycles. The van der Waals surface area contributed by atoms with Crippen LogP contribution in [-0.2, 0) is 6.54 Å². The molecule has 0 fully saturated rings. The zero-order valence-electron chi connectivity index (χ0n) is 19.0. The van der Waals surface area contributed by atoms with Crippen LogP contribution in [0.2, 0.25) is 5.02 Å². The number of nitrogens with one attached hydrogen (secondary N) is 1. The highest BCUT2D eigenvalue weighted by Crippen LogP contribution is 2.35. The summed E-state index contributed by atoms with van der Waals surface area (Å²) < 4.78 is 28.5. The zero-order chi connectivity index (χ0) is 24.7. The zero-order valence-corrected chi connectivity index (χ0v) is 19.8. The number of hydrogen-bond donors (Lipinski definition) is 1. The predicted molar refractivity (Wildman–Crippen MR) is 135 cm³/mol. The van der Waals surface area contributed by atoms with E-state index in [1.165, 1.54) is 12.1 Å². The van der Waals surface area contributed by atoms with Crippen molar-refractivity contribution in [2.75, 3.05) is 4.90 Å². The van der Waals surface area contributed by atoms with Gasteiger partial charge in [-0.1, -0.05) is 43.6 Å². The Hall–Kier alpha value is -3.84. The summed E-state index contributed by atoms with van der Waals surface area (Å²) in [5.41, 5.74) is 1.31. The summed E-state index contributed by atoms with van der Waals surface area (Å²) in [6.07, 6.45) is 0. The number of nitrogens with zero attached hydrogens (tertiary/aromatic N) is 3. The highest BCUT2D eigenvalue weighted by atomic mass is 35.5. The van der Waals surface area contributed by atoms with Gasteiger partial charge in [-0.15, -0.1) is 0 Å². The third-order valence-electron chi connectivity index (χ3n) is 5.82. The molecule has 0 aliphatic heterocycles. The molecule has 8 heteroatoms. The highest BCUT2D eigenvalue weighted by molar-refractivity contribution is 6.30. The number of aromatic nitrogens is 3. The second kappa shape index (κ2) is 9.07. The lowest BCUT2D eigenvalue weighted by molar-refractivity contribution is 0.515. The molecule has 0 saturated carbocycles. The molecule has 35 heavy (non-hydrogen) atoms. The predicted octanol–water partition coefficient (Wildman–Crippen LogP) is 6.86. The quantitative estimate of drug-likeness (QED) is 0.292. The average Bonchev–Trinajstić information content (AvgIpc) is 2.84. The monoisotopic (exact) mass is 490 g/mol. The first-order valence-electron chi connectivity index (χ1n) is 11.1. The van der Waals surface area contributed by atoms with E-state index < -0.39 is 17.2 Å². The molecule has 0 saturated heterocycles. The fourth-order valence-electron chi connectivity index (χ4n) is 4.11. The SMILES string of the molecule is CC(C)c1nc(N(Cc2cc(=O)[nH]c3c(F)c(F)ccc23)c2cccc(Cl)c2)c2ccccc2n1.